The molecule has 0 unspecified atom stereocenters. The van der Waals surface area contributed by atoms with E-state index in [0.717, 1.165) is 17.1 Å². The molecule has 17 heavy (non-hydrogen) atoms. The number of para-hydroxylation sites is 2. The van der Waals surface area contributed by atoms with Gasteiger partial charge in [-0.15, -0.1) is 0 Å². The van der Waals surface area contributed by atoms with Gasteiger partial charge >= 0.3 is 0 Å². The van der Waals surface area contributed by atoms with Crippen LogP contribution < -0.4 is 9.03 Å². The minimum Gasteiger partial charge on any atom is -0.310 e. The van der Waals surface area contributed by atoms with Crippen molar-refractivity contribution in [3.63, 3.8) is 0 Å². The topological polar surface area (TPSA) is 15.3 Å². The monoisotopic (exact) mass is 246 g/mol. The third-order valence-corrected chi connectivity index (χ3v) is 3.71. The number of hydrogen-bond acceptors (Lipinski definition) is 3. The molecule has 0 fully saturated rings. The summed E-state index contributed by atoms with van der Waals surface area (Å²) < 4.78 is 18.8. The van der Waals surface area contributed by atoms with Crippen molar-refractivity contribution in [1.82, 2.24) is 0 Å². The molecule has 2 aromatic rings. The van der Waals surface area contributed by atoms with Gasteiger partial charge in [-0.25, -0.2) is 4.39 Å². The second kappa shape index (κ2) is 3.96. The van der Waals surface area contributed by atoms with Crippen LogP contribution in [0.2, 0.25) is 0 Å². The Morgan fingerprint density at radius 1 is 1.06 bits per heavy atom. The third kappa shape index (κ3) is 1.65. The highest BCUT2D eigenvalue weighted by molar-refractivity contribution is 8.02. The fraction of sp³-hybridized carbons (Fsp3) is 0.0769. The van der Waals surface area contributed by atoms with E-state index in [0.29, 0.717) is 5.56 Å². The lowest BCUT2D eigenvalue weighted by Crippen LogP contribution is -2.05. The van der Waals surface area contributed by atoms with Crippen LogP contribution in [0.25, 0.3) is 0 Å². The maximum Gasteiger partial charge on any atom is 0.128 e. The van der Waals surface area contributed by atoms with Gasteiger partial charge < -0.3 is 4.72 Å². The zero-order chi connectivity index (χ0) is 11.8. The van der Waals surface area contributed by atoms with Crippen molar-refractivity contribution < 1.29 is 4.39 Å². The van der Waals surface area contributed by atoms with E-state index in [1.165, 1.54) is 18.2 Å². The summed E-state index contributed by atoms with van der Waals surface area (Å²) in [6, 6.07) is 13.1. The molecule has 0 atom stereocenters. The highest BCUT2D eigenvalue weighted by atomic mass is 32.2. The van der Waals surface area contributed by atoms with Gasteiger partial charge in [0.25, 0.3) is 0 Å². The summed E-state index contributed by atoms with van der Waals surface area (Å²) in [4.78, 5) is 0. The van der Waals surface area contributed by atoms with Crippen LogP contribution in [0.1, 0.15) is 5.56 Å². The SMILES string of the molecule is Cc1c(F)cccc1N1SNc2ccccc21. The zero-order valence-electron chi connectivity index (χ0n) is 9.27. The van der Waals surface area contributed by atoms with Crippen molar-refractivity contribution in [1.29, 1.82) is 0 Å². The minimum atomic E-state index is -0.174. The molecule has 0 bridgehead atoms. The van der Waals surface area contributed by atoms with Gasteiger partial charge in [-0.2, -0.15) is 0 Å². The second-order valence-corrected chi connectivity index (χ2v) is 4.64. The first-order valence-corrected chi connectivity index (χ1v) is 6.12. The number of rotatable bonds is 1. The Hall–Kier alpha value is -1.68. The molecule has 0 saturated carbocycles. The van der Waals surface area contributed by atoms with E-state index < -0.39 is 0 Å². The number of nitrogens with zero attached hydrogens (tertiary/aromatic N) is 1. The Morgan fingerprint density at radius 2 is 1.82 bits per heavy atom. The van der Waals surface area contributed by atoms with E-state index in [1.54, 1.807) is 13.0 Å². The van der Waals surface area contributed by atoms with Crippen LogP contribution in [0, 0.1) is 12.7 Å². The van der Waals surface area contributed by atoms with Crippen molar-refractivity contribution in [2.45, 2.75) is 6.92 Å². The van der Waals surface area contributed by atoms with Crippen molar-refractivity contribution in [3.8, 4) is 0 Å². The first kappa shape index (κ1) is 10.5. The Labute approximate surface area is 104 Å². The lowest BCUT2D eigenvalue weighted by Gasteiger charge is -2.18. The summed E-state index contributed by atoms with van der Waals surface area (Å²) in [6.07, 6.45) is 0. The quantitative estimate of drug-likeness (QED) is 0.757. The molecule has 0 aliphatic carbocycles. The van der Waals surface area contributed by atoms with E-state index in [2.05, 4.69) is 4.72 Å². The molecule has 0 spiro atoms. The standard InChI is InChI=1S/C13H11FN2S/c1-9-10(14)5-4-8-12(9)16-13-7-3-2-6-11(13)15-17-16/h2-8,15H,1H3. The fourth-order valence-electron chi connectivity index (χ4n) is 1.88. The first-order chi connectivity index (χ1) is 8.27. The average molecular weight is 246 g/mol. The number of anilines is 3. The van der Waals surface area contributed by atoms with E-state index in [9.17, 15) is 4.39 Å². The van der Waals surface area contributed by atoms with Crippen LogP contribution >= 0.6 is 12.1 Å². The van der Waals surface area contributed by atoms with Crippen molar-refractivity contribution in [3.05, 3.63) is 53.8 Å². The summed E-state index contributed by atoms with van der Waals surface area (Å²) in [5.41, 5.74) is 3.67. The van der Waals surface area contributed by atoms with Gasteiger partial charge in [-0.05, 0) is 31.2 Å². The van der Waals surface area contributed by atoms with Crippen molar-refractivity contribution in [2.24, 2.45) is 0 Å². The lowest BCUT2D eigenvalue weighted by atomic mass is 10.1. The van der Waals surface area contributed by atoms with E-state index in [-0.39, 0.29) is 5.82 Å². The summed E-state index contributed by atoms with van der Waals surface area (Å²) in [5, 5.41) is 0. The Morgan fingerprint density at radius 3 is 2.71 bits per heavy atom. The largest absolute Gasteiger partial charge is 0.310 e. The summed E-state index contributed by atoms with van der Waals surface area (Å²) in [7, 11) is 0. The van der Waals surface area contributed by atoms with Crippen LogP contribution in [0.15, 0.2) is 42.5 Å². The molecule has 1 aliphatic rings. The van der Waals surface area contributed by atoms with Gasteiger partial charge in [-0.1, -0.05) is 18.2 Å². The summed E-state index contributed by atoms with van der Waals surface area (Å²) in [5.74, 6) is -0.174. The normalized spacial score (nSPS) is 13.4. The zero-order valence-corrected chi connectivity index (χ0v) is 10.1. The molecular weight excluding hydrogens is 235 g/mol. The van der Waals surface area contributed by atoms with Crippen LogP contribution in [-0.2, 0) is 0 Å². The van der Waals surface area contributed by atoms with Crippen LogP contribution in [-0.4, -0.2) is 0 Å². The van der Waals surface area contributed by atoms with Gasteiger partial charge in [0.1, 0.15) is 5.82 Å². The molecule has 1 N–H and O–H groups in total. The highest BCUT2D eigenvalue weighted by Gasteiger charge is 2.22. The number of benzene rings is 2. The minimum absolute atomic E-state index is 0.174. The number of halogens is 1. The molecule has 1 aliphatic heterocycles. The first-order valence-electron chi connectivity index (χ1n) is 5.34. The van der Waals surface area contributed by atoms with Crippen LogP contribution in [0.5, 0.6) is 0 Å². The van der Waals surface area contributed by atoms with E-state index in [1.807, 2.05) is 34.6 Å². The molecule has 2 aromatic carbocycles. The fourth-order valence-corrected chi connectivity index (χ4v) is 2.79. The number of fused-ring (bicyclic) bond motifs is 1. The van der Waals surface area contributed by atoms with Crippen molar-refractivity contribution in [2.75, 3.05) is 9.03 Å². The van der Waals surface area contributed by atoms with Crippen molar-refractivity contribution >= 4 is 29.2 Å². The predicted molar refractivity (Wildman–Crippen MR) is 70.9 cm³/mol. The average Bonchev–Trinajstić information content (AvgIpc) is 2.77. The molecule has 86 valence electrons. The molecule has 1 heterocycles. The van der Waals surface area contributed by atoms with E-state index >= 15 is 0 Å². The Bertz CT molecular complexity index is 571. The highest BCUT2D eigenvalue weighted by Crippen LogP contribution is 2.45. The van der Waals surface area contributed by atoms with Gasteiger partial charge in [0.15, 0.2) is 0 Å². The maximum absolute atomic E-state index is 13.6. The molecule has 4 heteroatoms. The van der Waals surface area contributed by atoms with Gasteiger partial charge in [-0.3, -0.25) is 4.31 Å². The summed E-state index contributed by atoms with van der Waals surface area (Å²) in [6.45, 7) is 1.80. The van der Waals surface area contributed by atoms with Gasteiger partial charge in [0.05, 0.1) is 29.2 Å². The van der Waals surface area contributed by atoms with Gasteiger partial charge in [0.2, 0.25) is 0 Å². The number of hydrogen-bond donors (Lipinski definition) is 1. The molecule has 0 aromatic heterocycles. The predicted octanol–water partition coefficient (Wildman–Crippen LogP) is 4.26. The smallest absolute Gasteiger partial charge is 0.128 e. The Balaban J connectivity index is 2.10. The number of nitrogens with one attached hydrogen (secondary N) is 1. The maximum atomic E-state index is 13.6. The van der Waals surface area contributed by atoms with Crippen LogP contribution in [0.4, 0.5) is 21.5 Å². The molecule has 2 nitrogen and oxygen atoms in total. The lowest BCUT2D eigenvalue weighted by molar-refractivity contribution is 0.619. The second-order valence-electron chi connectivity index (χ2n) is 3.89. The van der Waals surface area contributed by atoms with Crippen LogP contribution in [0.3, 0.4) is 0 Å². The third-order valence-electron chi connectivity index (χ3n) is 2.83. The molecule has 0 saturated heterocycles. The van der Waals surface area contributed by atoms with Gasteiger partial charge in [0, 0.05) is 5.56 Å². The molecule has 0 radical (unpaired) electrons. The summed E-state index contributed by atoms with van der Waals surface area (Å²) >= 11 is 1.46. The molecule has 0 amide bonds. The molecule has 3 rings (SSSR count). The molecular formula is C13H11FN2S. The Kier molecular flexibility index (Phi) is 2.44. The van der Waals surface area contributed by atoms with E-state index in [4.69, 9.17) is 0 Å².